The Balaban J connectivity index is 0. The maximum atomic E-state index is 14.8. The summed E-state index contributed by atoms with van der Waals surface area (Å²) in [6.45, 7) is 1.60. The number of hydrogen-bond acceptors (Lipinski definition) is 15. The lowest BCUT2D eigenvalue weighted by atomic mass is 9.79. The minimum absolute atomic E-state index is 0. The number of aliphatic hydroxyl groups is 6. The number of aliphatic carboxylic acids is 1. The lowest BCUT2D eigenvalue weighted by Crippen LogP contribution is -2.68. The summed E-state index contributed by atoms with van der Waals surface area (Å²) >= 11 is 0. The second-order valence-corrected chi connectivity index (χ2v) is 11.1. The highest BCUT2D eigenvalue weighted by Gasteiger charge is 2.63. The zero-order chi connectivity index (χ0) is 35.9. The summed E-state index contributed by atoms with van der Waals surface area (Å²) in [6, 6.07) is -3.44. The molecule has 2 rings (SSSR count). The van der Waals surface area contributed by atoms with Crippen LogP contribution in [0.5, 0.6) is 0 Å². The number of hydrogen-bond donors (Lipinski definition) is 9. The van der Waals surface area contributed by atoms with E-state index in [1.807, 2.05) is 0 Å². The van der Waals surface area contributed by atoms with Crippen LogP contribution in [0.2, 0.25) is 0 Å². The number of rotatable bonds is 13. The highest BCUT2D eigenvalue weighted by Crippen LogP contribution is 2.41. The summed E-state index contributed by atoms with van der Waals surface area (Å²) in [4.78, 5) is 45.2. The zero-order valence-corrected chi connectivity index (χ0v) is 25.1. The largest absolute Gasteiger partial charge is 0.477 e. The molecule has 0 spiro atoms. The maximum absolute atomic E-state index is 14.8. The smallest absolute Gasteiger partial charge is 0.375 e. The van der Waals surface area contributed by atoms with Gasteiger partial charge in [-0.15, -0.1) is 0 Å². The van der Waals surface area contributed by atoms with E-state index in [0.717, 1.165) is 6.92 Å². The number of Topliss-reactive ketones (excluding diaryl/α,β-unsaturated/α-hetero) is 2. The number of carboxylic acid groups (broad SMARTS) is 1. The lowest BCUT2D eigenvalue weighted by Gasteiger charge is -2.46. The Morgan fingerprint density at radius 2 is 1.10 bits per heavy atom. The molecule has 16 nitrogen and oxygen atoms in total. The Morgan fingerprint density at radius 1 is 0.771 bits per heavy atom. The van der Waals surface area contributed by atoms with Gasteiger partial charge in [-0.25, -0.2) is 18.4 Å². The van der Waals surface area contributed by atoms with Crippen molar-refractivity contribution >= 4 is 23.5 Å². The molecule has 284 valence electrons. The fraction of sp³-hybridized carbons (Fsp3) is 0.857. The first-order valence-corrected chi connectivity index (χ1v) is 14.0. The quantitative estimate of drug-likeness (QED) is 0.0734. The summed E-state index contributed by atoms with van der Waals surface area (Å²) in [5.74, 6) is -14.8. The first kappa shape index (κ1) is 47.7. The van der Waals surface area contributed by atoms with Gasteiger partial charge in [0, 0.05) is 36.8 Å². The molecular weight excluding hydrogens is 664 g/mol. The third kappa shape index (κ3) is 10.6. The van der Waals surface area contributed by atoms with Crippen LogP contribution in [0.3, 0.4) is 0 Å². The van der Waals surface area contributed by atoms with Crippen molar-refractivity contribution in [3.05, 3.63) is 0 Å². The molecule has 0 aromatic rings. The molecule has 14 atom stereocenters. The Hall–Kier alpha value is -2.40. The number of halogens is 4. The van der Waals surface area contributed by atoms with Crippen LogP contribution in [-0.2, 0) is 33.4 Å². The van der Waals surface area contributed by atoms with Crippen LogP contribution in [0, 0.1) is 11.8 Å². The molecule has 0 saturated carbocycles. The van der Waals surface area contributed by atoms with Gasteiger partial charge in [0.2, 0.25) is 0 Å². The van der Waals surface area contributed by atoms with Gasteiger partial charge in [0.1, 0.15) is 36.0 Å². The van der Waals surface area contributed by atoms with Gasteiger partial charge < -0.3 is 71.0 Å². The van der Waals surface area contributed by atoms with Crippen molar-refractivity contribution < 1.29 is 86.7 Å². The lowest BCUT2D eigenvalue weighted by molar-refractivity contribution is -0.286. The molecule has 0 bridgehead atoms. The molecule has 2 saturated heterocycles. The average Bonchev–Trinajstić information content (AvgIpc) is 2.99. The van der Waals surface area contributed by atoms with Crippen LogP contribution in [-0.4, -0.2) is 152 Å². The van der Waals surface area contributed by atoms with Gasteiger partial charge in [-0.2, -0.15) is 8.78 Å². The van der Waals surface area contributed by atoms with E-state index in [-0.39, 0.29) is 27.9 Å². The van der Waals surface area contributed by atoms with Gasteiger partial charge >= 0.3 is 23.6 Å². The zero-order valence-electron chi connectivity index (χ0n) is 25.1. The highest BCUT2D eigenvalue weighted by atomic mass is 19.2. The molecule has 0 aromatic carbocycles. The van der Waals surface area contributed by atoms with E-state index < -0.39 is 128 Å². The summed E-state index contributed by atoms with van der Waals surface area (Å²) in [7, 11) is 0. The van der Waals surface area contributed by atoms with Crippen LogP contribution in [0.1, 0.15) is 48.5 Å². The number of carbonyl (C=O) groups is 4. The molecule has 11 N–H and O–H groups in total. The maximum Gasteiger partial charge on any atom is 0.375 e. The number of ether oxygens (including phenoxy) is 3. The summed E-state index contributed by atoms with van der Waals surface area (Å²) < 4.78 is 71.1. The van der Waals surface area contributed by atoms with Gasteiger partial charge in [0.25, 0.3) is 0 Å². The van der Waals surface area contributed by atoms with E-state index in [9.17, 15) is 57.2 Å². The van der Waals surface area contributed by atoms with E-state index in [0.29, 0.717) is 0 Å². The third-order valence-electron chi connectivity index (χ3n) is 7.56. The van der Waals surface area contributed by atoms with Crippen molar-refractivity contribution in [1.82, 2.24) is 0 Å². The number of ketones is 2. The second-order valence-electron chi connectivity index (χ2n) is 11.1. The van der Waals surface area contributed by atoms with Gasteiger partial charge in [0.05, 0.1) is 32.0 Å². The van der Waals surface area contributed by atoms with Crippen LogP contribution < -0.4 is 11.5 Å². The molecule has 0 amide bonds. The molecule has 2 aliphatic rings. The molecule has 2 heterocycles. The number of carboxylic acids is 1. The molecule has 20 heteroatoms. The van der Waals surface area contributed by atoms with Crippen molar-refractivity contribution in [2.24, 2.45) is 23.3 Å². The Morgan fingerprint density at radius 3 is 1.40 bits per heavy atom. The summed E-state index contributed by atoms with van der Waals surface area (Å²) in [5.41, 5.74) is 11.1. The molecule has 4 unspecified atom stereocenters. The standard InChI is InChI=1S/C14H23F2NO7.C12H19F2NO7.2CH4/c1-3-23-13(22)14(16)12(15)9(17)7(4-6(2)19)11(24-14)10(21)8(20)5-18;1-4(17)2-5-7(15)10(13)12(14,11(20)21)22-9(5)8(19)6(18)3-16;;/h7-12,18,20-21H,3-5,17H2,1-2H3;5-10,16,18-19H,2-3,15H2,1H3,(H,20,21);2*1H4/t7-,8-,9+,10-,11?,12?,14-;5-,6-,7+,8-,9?,10?,12-;;/m11../s1. The van der Waals surface area contributed by atoms with E-state index >= 15 is 0 Å². The van der Waals surface area contributed by atoms with E-state index in [4.69, 9.17) is 31.5 Å². The monoisotopic (exact) mass is 714 g/mol. The predicted molar refractivity (Wildman–Crippen MR) is 157 cm³/mol. The molecule has 48 heavy (non-hydrogen) atoms. The average molecular weight is 715 g/mol. The number of aliphatic hydroxyl groups excluding tert-OH is 6. The van der Waals surface area contributed by atoms with Gasteiger partial charge in [-0.3, -0.25) is 0 Å². The molecule has 0 aromatic heterocycles. The number of nitrogens with two attached hydrogens (primary N) is 2. The molecule has 0 radical (unpaired) electrons. The van der Waals surface area contributed by atoms with Gasteiger partial charge in [-0.05, 0) is 20.8 Å². The van der Waals surface area contributed by atoms with E-state index in [2.05, 4.69) is 9.47 Å². The fourth-order valence-corrected chi connectivity index (χ4v) is 5.09. The van der Waals surface area contributed by atoms with E-state index in [1.54, 1.807) is 0 Å². The van der Waals surface area contributed by atoms with Crippen LogP contribution >= 0.6 is 0 Å². The first-order valence-electron chi connectivity index (χ1n) is 14.0. The van der Waals surface area contributed by atoms with Crippen LogP contribution in [0.25, 0.3) is 0 Å². The Labute approximate surface area is 274 Å². The predicted octanol–water partition coefficient (Wildman–Crippen LogP) is -2.03. The topological polar surface area (TPSA) is 290 Å². The molecule has 2 aliphatic heterocycles. The van der Waals surface area contributed by atoms with Crippen LogP contribution in [0.15, 0.2) is 0 Å². The normalized spacial score (nSPS) is 35.6. The van der Waals surface area contributed by atoms with Crippen molar-refractivity contribution in [1.29, 1.82) is 0 Å². The highest BCUT2D eigenvalue weighted by molar-refractivity contribution is 5.80. The number of alkyl halides is 4. The first-order chi connectivity index (χ1) is 21.2. The molecule has 0 aliphatic carbocycles. The van der Waals surface area contributed by atoms with Crippen molar-refractivity contribution in [3.63, 3.8) is 0 Å². The Bertz CT molecular complexity index is 1070. The van der Waals surface area contributed by atoms with Crippen molar-refractivity contribution in [3.8, 4) is 0 Å². The van der Waals surface area contributed by atoms with Gasteiger partial charge in [-0.1, -0.05) is 14.9 Å². The minimum atomic E-state index is -3.83. The SMILES string of the molecule is C.C.CC(=O)C[C@H]1C([C@H](O)[C@H](O)CO)O[C@@](F)(C(=O)O)C(F)[C@H]1N.CCOC(=O)[C@]1(F)OC([C@H](O)[C@H](O)CO)[C@H](CC(C)=O)[C@H](N)C1F. The fourth-order valence-electron chi connectivity index (χ4n) is 5.09. The van der Waals surface area contributed by atoms with Crippen LogP contribution in [0.4, 0.5) is 17.6 Å². The van der Waals surface area contributed by atoms with Gasteiger partial charge in [0.15, 0.2) is 12.3 Å². The van der Waals surface area contributed by atoms with E-state index in [1.165, 1.54) is 13.8 Å². The molecule has 2 fully saturated rings. The van der Waals surface area contributed by atoms with Crippen molar-refractivity contribution in [2.45, 2.75) is 121 Å². The number of esters is 1. The minimum Gasteiger partial charge on any atom is -0.477 e. The van der Waals surface area contributed by atoms with Crippen molar-refractivity contribution in [2.75, 3.05) is 19.8 Å². The number of carbonyl (C=O) groups excluding carboxylic acids is 3. The Kier molecular flexibility index (Phi) is 19.6. The third-order valence-corrected chi connectivity index (χ3v) is 7.56. The summed E-state index contributed by atoms with van der Waals surface area (Å²) in [6.07, 6.45) is -17.1. The molecular formula is C28H50F4N2O14. The summed E-state index contributed by atoms with van der Waals surface area (Å²) in [5, 5.41) is 65.4. The second kappa shape index (κ2) is 19.7.